The average molecular weight is 290 g/mol. The van der Waals surface area contributed by atoms with E-state index in [1.807, 2.05) is 25.1 Å². The minimum Gasteiger partial charge on any atom is -0.393 e. The SMILES string of the molecule is CCc1ccccc1NC(=O)C(=O)NCC1CCCC1O. The molecular weight excluding hydrogens is 268 g/mol. The van der Waals surface area contributed by atoms with Gasteiger partial charge in [-0.15, -0.1) is 0 Å². The van der Waals surface area contributed by atoms with Crippen molar-refractivity contribution < 1.29 is 14.7 Å². The van der Waals surface area contributed by atoms with E-state index in [1.54, 1.807) is 6.07 Å². The summed E-state index contributed by atoms with van der Waals surface area (Å²) in [7, 11) is 0. The smallest absolute Gasteiger partial charge is 0.313 e. The second-order valence-electron chi connectivity index (χ2n) is 5.43. The van der Waals surface area contributed by atoms with Gasteiger partial charge in [-0.25, -0.2) is 0 Å². The van der Waals surface area contributed by atoms with Crippen molar-refractivity contribution in [3.8, 4) is 0 Å². The number of hydrogen-bond donors (Lipinski definition) is 3. The minimum atomic E-state index is -0.664. The molecule has 0 aromatic heterocycles. The Morgan fingerprint density at radius 2 is 2.00 bits per heavy atom. The molecule has 114 valence electrons. The first-order valence-electron chi connectivity index (χ1n) is 7.47. The van der Waals surface area contributed by atoms with Gasteiger partial charge in [0.1, 0.15) is 0 Å². The molecule has 2 rings (SSSR count). The number of aryl methyl sites for hydroxylation is 1. The highest BCUT2D eigenvalue weighted by Gasteiger charge is 2.26. The van der Waals surface area contributed by atoms with E-state index in [9.17, 15) is 14.7 Å². The number of carbonyl (C=O) groups excluding carboxylic acids is 2. The van der Waals surface area contributed by atoms with Crippen LogP contribution in [0.25, 0.3) is 0 Å². The lowest BCUT2D eigenvalue weighted by Crippen LogP contribution is -2.39. The Balaban J connectivity index is 1.86. The lowest BCUT2D eigenvalue weighted by molar-refractivity contribution is -0.136. The molecule has 2 atom stereocenters. The fourth-order valence-corrected chi connectivity index (χ4v) is 2.69. The summed E-state index contributed by atoms with van der Waals surface area (Å²) in [6, 6.07) is 7.42. The topological polar surface area (TPSA) is 78.4 Å². The van der Waals surface area contributed by atoms with Crippen LogP contribution in [0.1, 0.15) is 31.7 Å². The van der Waals surface area contributed by atoms with Crippen LogP contribution in [-0.4, -0.2) is 29.6 Å². The number of anilines is 1. The Morgan fingerprint density at radius 3 is 2.67 bits per heavy atom. The Morgan fingerprint density at radius 1 is 1.24 bits per heavy atom. The number of rotatable bonds is 4. The summed E-state index contributed by atoms with van der Waals surface area (Å²) < 4.78 is 0. The maximum Gasteiger partial charge on any atom is 0.313 e. The van der Waals surface area contributed by atoms with Crippen molar-refractivity contribution in [1.29, 1.82) is 0 Å². The number of aliphatic hydroxyl groups excluding tert-OH is 1. The molecular formula is C16H22N2O3. The molecule has 1 aliphatic rings. The largest absolute Gasteiger partial charge is 0.393 e. The van der Waals surface area contributed by atoms with E-state index in [0.29, 0.717) is 12.2 Å². The van der Waals surface area contributed by atoms with Gasteiger partial charge in [0, 0.05) is 18.2 Å². The molecule has 5 heteroatoms. The zero-order valence-electron chi connectivity index (χ0n) is 12.3. The fourth-order valence-electron chi connectivity index (χ4n) is 2.69. The lowest BCUT2D eigenvalue weighted by Gasteiger charge is -2.15. The molecule has 1 aromatic rings. The molecule has 0 saturated heterocycles. The quantitative estimate of drug-likeness (QED) is 0.735. The molecule has 0 radical (unpaired) electrons. The van der Waals surface area contributed by atoms with Crippen molar-refractivity contribution in [3.05, 3.63) is 29.8 Å². The molecule has 0 heterocycles. The van der Waals surface area contributed by atoms with Crippen LogP contribution >= 0.6 is 0 Å². The molecule has 0 spiro atoms. The minimum absolute atomic E-state index is 0.0599. The van der Waals surface area contributed by atoms with Gasteiger partial charge < -0.3 is 15.7 Å². The highest BCUT2D eigenvalue weighted by Crippen LogP contribution is 2.24. The molecule has 21 heavy (non-hydrogen) atoms. The van der Waals surface area contributed by atoms with E-state index in [0.717, 1.165) is 31.2 Å². The summed E-state index contributed by atoms with van der Waals surface area (Å²) in [5.74, 6) is -1.26. The van der Waals surface area contributed by atoms with Crippen LogP contribution < -0.4 is 10.6 Å². The number of amides is 2. The number of para-hydroxylation sites is 1. The monoisotopic (exact) mass is 290 g/mol. The highest BCUT2D eigenvalue weighted by molar-refractivity contribution is 6.39. The number of aliphatic hydroxyl groups is 1. The van der Waals surface area contributed by atoms with E-state index in [2.05, 4.69) is 10.6 Å². The first kappa shape index (κ1) is 15.5. The third kappa shape index (κ3) is 4.04. The van der Waals surface area contributed by atoms with Crippen LogP contribution in [0.15, 0.2) is 24.3 Å². The van der Waals surface area contributed by atoms with Crippen molar-refractivity contribution in [2.45, 2.75) is 38.7 Å². The van der Waals surface area contributed by atoms with Crippen LogP contribution in [-0.2, 0) is 16.0 Å². The van der Waals surface area contributed by atoms with Crippen LogP contribution in [0.5, 0.6) is 0 Å². The molecule has 0 bridgehead atoms. The van der Waals surface area contributed by atoms with E-state index in [1.165, 1.54) is 0 Å². The second-order valence-corrected chi connectivity index (χ2v) is 5.43. The second kappa shape index (κ2) is 7.22. The summed E-state index contributed by atoms with van der Waals surface area (Å²) in [5.41, 5.74) is 1.66. The Kier molecular flexibility index (Phi) is 5.33. The van der Waals surface area contributed by atoms with Gasteiger partial charge in [0.15, 0.2) is 0 Å². The zero-order valence-corrected chi connectivity index (χ0v) is 12.3. The predicted octanol–water partition coefficient (Wildman–Crippen LogP) is 1.46. The molecule has 1 saturated carbocycles. The molecule has 1 aromatic carbocycles. The fraction of sp³-hybridized carbons (Fsp3) is 0.500. The first-order chi connectivity index (χ1) is 10.1. The standard InChI is InChI=1S/C16H22N2O3/c1-2-11-6-3-4-8-13(11)18-16(21)15(20)17-10-12-7-5-9-14(12)19/h3-4,6,8,12,14,19H,2,5,7,9-10H2,1H3,(H,17,20)(H,18,21). The number of hydrogen-bond acceptors (Lipinski definition) is 3. The lowest BCUT2D eigenvalue weighted by atomic mass is 10.1. The van der Waals surface area contributed by atoms with Crippen molar-refractivity contribution in [2.24, 2.45) is 5.92 Å². The van der Waals surface area contributed by atoms with Crippen molar-refractivity contribution in [1.82, 2.24) is 5.32 Å². The van der Waals surface area contributed by atoms with Crippen LogP contribution in [0, 0.1) is 5.92 Å². The van der Waals surface area contributed by atoms with E-state index < -0.39 is 11.8 Å². The van der Waals surface area contributed by atoms with Crippen molar-refractivity contribution >= 4 is 17.5 Å². The number of carbonyl (C=O) groups is 2. The van der Waals surface area contributed by atoms with Crippen molar-refractivity contribution in [3.63, 3.8) is 0 Å². The van der Waals surface area contributed by atoms with Crippen LogP contribution in [0.2, 0.25) is 0 Å². The average Bonchev–Trinajstić information content (AvgIpc) is 2.90. The molecule has 2 unspecified atom stereocenters. The van der Waals surface area contributed by atoms with Gasteiger partial charge in [0.2, 0.25) is 0 Å². The summed E-state index contributed by atoms with van der Waals surface area (Å²) in [5, 5.41) is 14.9. The Bertz CT molecular complexity index is 516. The maximum absolute atomic E-state index is 11.9. The molecule has 2 amide bonds. The molecule has 3 N–H and O–H groups in total. The third-order valence-corrected chi connectivity index (χ3v) is 4.00. The first-order valence-corrected chi connectivity index (χ1v) is 7.47. The summed E-state index contributed by atoms with van der Waals surface area (Å²) in [6.07, 6.45) is 3.05. The maximum atomic E-state index is 11.9. The Hall–Kier alpha value is -1.88. The van der Waals surface area contributed by atoms with Crippen LogP contribution in [0.3, 0.4) is 0 Å². The molecule has 0 aliphatic heterocycles. The highest BCUT2D eigenvalue weighted by atomic mass is 16.3. The number of benzene rings is 1. The number of nitrogens with one attached hydrogen (secondary N) is 2. The van der Waals surface area contributed by atoms with Gasteiger partial charge in [-0.3, -0.25) is 9.59 Å². The molecule has 1 fully saturated rings. The van der Waals surface area contributed by atoms with Gasteiger partial charge in [-0.05, 0) is 30.9 Å². The third-order valence-electron chi connectivity index (χ3n) is 4.00. The van der Waals surface area contributed by atoms with Gasteiger partial charge in [-0.2, -0.15) is 0 Å². The van der Waals surface area contributed by atoms with Gasteiger partial charge >= 0.3 is 11.8 Å². The van der Waals surface area contributed by atoms with E-state index in [-0.39, 0.29) is 12.0 Å². The van der Waals surface area contributed by atoms with E-state index in [4.69, 9.17) is 0 Å². The van der Waals surface area contributed by atoms with Gasteiger partial charge in [0.25, 0.3) is 0 Å². The van der Waals surface area contributed by atoms with E-state index >= 15 is 0 Å². The summed E-state index contributed by atoms with van der Waals surface area (Å²) >= 11 is 0. The summed E-state index contributed by atoms with van der Waals surface area (Å²) in [6.45, 7) is 2.34. The van der Waals surface area contributed by atoms with Gasteiger partial charge in [0.05, 0.1) is 6.10 Å². The summed E-state index contributed by atoms with van der Waals surface area (Å²) in [4.78, 5) is 23.7. The zero-order chi connectivity index (χ0) is 15.2. The normalized spacial score (nSPS) is 21.0. The van der Waals surface area contributed by atoms with Crippen LogP contribution in [0.4, 0.5) is 5.69 Å². The van der Waals surface area contributed by atoms with Crippen molar-refractivity contribution in [2.75, 3.05) is 11.9 Å². The molecule has 1 aliphatic carbocycles. The van der Waals surface area contributed by atoms with Gasteiger partial charge in [-0.1, -0.05) is 31.5 Å². The molecule has 5 nitrogen and oxygen atoms in total. The Labute approximate surface area is 124 Å². The predicted molar refractivity (Wildman–Crippen MR) is 80.8 cm³/mol.